The highest BCUT2D eigenvalue weighted by molar-refractivity contribution is 5.97. The first-order valence-electron chi connectivity index (χ1n) is 8.39. The van der Waals surface area contributed by atoms with Gasteiger partial charge in [0.25, 0.3) is 0 Å². The Morgan fingerprint density at radius 2 is 2.12 bits per heavy atom. The molecule has 0 unspecified atom stereocenters. The minimum atomic E-state index is 0.138. The molecule has 6 heteroatoms. The number of piperidine rings is 1. The fraction of sp³-hybridized carbons (Fsp3) is 0.444. The molecule has 0 aliphatic carbocycles. The maximum absolute atomic E-state index is 12.6. The molecule has 1 spiro atoms. The van der Waals surface area contributed by atoms with Gasteiger partial charge in [-0.25, -0.2) is 0 Å². The van der Waals surface area contributed by atoms with Crippen LogP contribution >= 0.6 is 0 Å². The summed E-state index contributed by atoms with van der Waals surface area (Å²) in [4.78, 5) is 14.5. The predicted molar refractivity (Wildman–Crippen MR) is 92.1 cm³/mol. The fourth-order valence-corrected chi connectivity index (χ4v) is 3.91. The lowest BCUT2D eigenvalue weighted by Crippen LogP contribution is -2.38. The highest BCUT2D eigenvalue weighted by Crippen LogP contribution is 2.42. The molecule has 0 bridgehead atoms. The second-order valence-electron chi connectivity index (χ2n) is 6.78. The Bertz CT molecular complexity index is 735. The summed E-state index contributed by atoms with van der Waals surface area (Å²) >= 11 is 0. The third kappa shape index (κ3) is 2.57. The van der Waals surface area contributed by atoms with Gasteiger partial charge in [0.15, 0.2) is 0 Å². The summed E-state index contributed by atoms with van der Waals surface area (Å²) in [5, 5.41) is 10.2. The fourth-order valence-electron chi connectivity index (χ4n) is 3.91. The number of methoxy groups -OCH3 is 1. The molecule has 2 fully saturated rings. The average Bonchev–Trinajstić information content (AvgIpc) is 3.24. The third-order valence-electron chi connectivity index (χ3n) is 5.29. The topological polar surface area (TPSA) is 70.2 Å². The number of nitrogens with zero attached hydrogens (tertiary/aromatic N) is 2. The van der Waals surface area contributed by atoms with E-state index >= 15 is 0 Å². The molecule has 1 aromatic carbocycles. The lowest BCUT2D eigenvalue weighted by molar-refractivity contribution is -0.117. The first-order chi connectivity index (χ1) is 11.7. The molecular formula is C18H22N4O2. The van der Waals surface area contributed by atoms with Gasteiger partial charge in [0.2, 0.25) is 5.91 Å². The monoisotopic (exact) mass is 326 g/mol. The SMILES string of the molecule is COc1cc(N2CC3(CCNCC3)CC2=O)ccc1-c1cn[nH]c1. The van der Waals surface area contributed by atoms with Gasteiger partial charge in [0.1, 0.15) is 5.75 Å². The predicted octanol–water partition coefficient (Wildman–Crippen LogP) is 2.19. The van der Waals surface area contributed by atoms with Crippen molar-refractivity contribution in [2.75, 3.05) is 31.6 Å². The minimum absolute atomic E-state index is 0.138. The van der Waals surface area contributed by atoms with E-state index in [1.165, 1.54) is 0 Å². The van der Waals surface area contributed by atoms with E-state index in [1.807, 2.05) is 29.3 Å². The van der Waals surface area contributed by atoms with Crippen LogP contribution in [0.5, 0.6) is 5.75 Å². The zero-order valence-corrected chi connectivity index (χ0v) is 13.8. The second kappa shape index (κ2) is 5.94. The molecule has 126 valence electrons. The Labute approximate surface area is 141 Å². The van der Waals surface area contributed by atoms with Crippen LogP contribution < -0.4 is 15.0 Å². The molecule has 2 aliphatic heterocycles. The molecule has 2 aromatic rings. The van der Waals surface area contributed by atoms with Crippen molar-refractivity contribution in [3.8, 4) is 16.9 Å². The number of anilines is 1. The average molecular weight is 326 g/mol. The summed E-state index contributed by atoms with van der Waals surface area (Å²) in [6, 6.07) is 5.96. The maximum atomic E-state index is 12.6. The number of rotatable bonds is 3. The molecule has 2 saturated heterocycles. The Balaban J connectivity index is 1.63. The molecule has 4 rings (SSSR count). The molecule has 1 aromatic heterocycles. The lowest BCUT2D eigenvalue weighted by Gasteiger charge is -2.33. The van der Waals surface area contributed by atoms with Crippen LogP contribution in [0.3, 0.4) is 0 Å². The summed E-state index contributed by atoms with van der Waals surface area (Å²) in [6.45, 7) is 2.81. The zero-order chi connectivity index (χ0) is 16.6. The van der Waals surface area contributed by atoms with E-state index in [0.29, 0.717) is 6.42 Å². The molecule has 2 aliphatic rings. The van der Waals surface area contributed by atoms with Crippen molar-refractivity contribution in [2.24, 2.45) is 5.41 Å². The number of nitrogens with one attached hydrogen (secondary N) is 2. The van der Waals surface area contributed by atoms with E-state index in [-0.39, 0.29) is 11.3 Å². The molecule has 1 amide bonds. The molecule has 0 atom stereocenters. The van der Waals surface area contributed by atoms with Crippen LogP contribution in [-0.2, 0) is 4.79 Å². The van der Waals surface area contributed by atoms with Crippen molar-refractivity contribution in [1.29, 1.82) is 0 Å². The van der Waals surface area contributed by atoms with Gasteiger partial charge < -0.3 is 15.0 Å². The second-order valence-corrected chi connectivity index (χ2v) is 6.78. The van der Waals surface area contributed by atoms with Gasteiger partial charge in [-0.3, -0.25) is 9.89 Å². The van der Waals surface area contributed by atoms with Gasteiger partial charge in [-0.15, -0.1) is 0 Å². The number of carbonyl (C=O) groups is 1. The number of benzene rings is 1. The number of aromatic nitrogens is 2. The van der Waals surface area contributed by atoms with Crippen LogP contribution in [0.1, 0.15) is 19.3 Å². The van der Waals surface area contributed by atoms with E-state index in [4.69, 9.17) is 4.74 Å². The molecule has 24 heavy (non-hydrogen) atoms. The standard InChI is InChI=1S/C18H22N4O2/c1-24-16-8-14(2-3-15(16)13-10-20-21-11-13)22-12-18(9-17(22)23)4-6-19-7-5-18/h2-3,8,10-11,19H,4-7,9,12H2,1H3,(H,20,21). The van der Waals surface area contributed by atoms with Gasteiger partial charge in [-0.05, 0) is 43.5 Å². The van der Waals surface area contributed by atoms with Gasteiger partial charge in [-0.2, -0.15) is 5.10 Å². The molecule has 2 N–H and O–H groups in total. The number of aromatic amines is 1. The van der Waals surface area contributed by atoms with Crippen molar-refractivity contribution in [3.63, 3.8) is 0 Å². The van der Waals surface area contributed by atoms with Crippen molar-refractivity contribution >= 4 is 11.6 Å². The number of hydrogen-bond acceptors (Lipinski definition) is 4. The van der Waals surface area contributed by atoms with Crippen LogP contribution in [0, 0.1) is 5.41 Å². The normalized spacial score (nSPS) is 19.9. The van der Waals surface area contributed by atoms with Crippen LogP contribution in [0.4, 0.5) is 5.69 Å². The smallest absolute Gasteiger partial charge is 0.227 e. The summed E-state index contributed by atoms with van der Waals surface area (Å²) < 4.78 is 5.55. The van der Waals surface area contributed by atoms with Crippen molar-refractivity contribution < 1.29 is 9.53 Å². The Hall–Kier alpha value is -2.34. The first kappa shape index (κ1) is 15.2. The quantitative estimate of drug-likeness (QED) is 0.907. The molecular weight excluding hydrogens is 304 g/mol. The summed E-state index contributed by atoms with van der Waals surface area (Å²) in [7, 11) is 1.66. The Morgan fingerprint density at radius 3 is 2.83 bits per heavy atom. The van der Waals surface area contributed by atoms with Crippen LogP contribution in [0.25, 0.3) is 11.1 Å². The largest absolute Gasteiger partial charge is 0.496 e. The maximum Gasteiger partial charge on any atom is 0.227 e. The molecule has 3 heterocycles. The molecule has 0 saturated carbocycles. The van der Waals surface area contributed by atoms with E-state index < -0.39 is 0 Å². The van der Waals surface area contributed by atoms with Gasteiger partial charge >= 0.3 is 0 Å². The number of amides is 1. The van der Waals surface area contributed by atoms with Crippen LogP contribution in [-0.4, -0.2) is 42.8 Å². The van der Waals surface area contributed by atoms with Crippen LogP contribution in [0.2, 0.25) is 0 Å². The van der Waals surface area contributed by atoms with E-state index in [0.717, 1.165) is 55.0 Å². The van der Waals surface area contributed by atoms with E-state index in [1.54, 1.807) is 13.3 Å². The zero-order valence-electron chi connectivity index (χ0n) is 13.8. The minimum Gasteiger partial charge on any atom is -0.496 e. The van der Waals surface area contributed by atoms with Gasteiger partial charge in [0.05, 0.1) is 13.3 Å². The van der Waals surface area contributed by atoms with Crippen molar-refractivity contribution in [2.45, 2.75) is 19.3 Å². The Kier molecular flexibility index (Phi) is 3.76. The summed E-state index contributed by atoms with van der Waals surface area (Å²) in [6.07, 6.45) is 6.39. The molecule has 0 radical (unpaired) electrons. The highest BCUT2D eigenvalue weighted by Gasteiger charge is 2.44. The summed E-state index contributed by atoms with van der Waals surface area (Å²) in [5.74, 6) is 0.975. The summed E-state index contributed by atoms with van der Waals surface area (Å²) in [5.41, 5.74) is 3.00. The van der Waals surface area contributed by atoms with Crippen molar-refractivity contribution in [3.05, 3.63) is 30.6 Å². The van der Waals surface area contributed by atoms with Gasteiger partial charge in [-0.1, -0.05) is 0 Å². The Morgan fingerprint density at radius 1 is 1.29 bits per heavy atom. The number of hydrogen-bond donors (Lipinski definition) is 2. The van der Waals surface area contributed by atoms with E-state index in [2.05, 4.69) is 15.5 Å². The van der Waals surface area contributed by atoms with Gasteiger partial charge in [0, 0.05) is 42.0 Å². The number of H-pyrrole nitrogens is 1. The van der Waals surface area contributed by atoms with Crippen LogP contribution in [0.15, 0.2) is 30.6 Å². The highest BCUT2D eigenvalue weighted by atomic mass is 16.5. The lowest BCUT2D eigenvalue weighted by atomic mass is 9.78. The number of carbonyl (C=O) groups excluding carboxylic acids is 1. The first-order valence-corrected chi connectivity index (χ1v) is 8.39. The van der Waals surface area contributed by atoms with Crippen molar-refractivity contribution in [1.82, 2.24) is 15.5 Å². The van der Waals surface area contributed by atoms with E-state index in [9.17, 15) is 4.79 Å². The third-order valence-corrected chi connectivity index (χ3v) is 5.29. The number of ether oxygens (including phenoxy) is 1. The molecule has 6 nitrogen and oxygen atoms in total.